The van der Waals surface area contributed by atoms with Gasteiger partial charge >= 0.3 is 0 Å². The van der Waals surface area contributed by atoms with Crippen LogP contribution >= 0.6 is 11.6 Å². The third-order valence-electron chi connectivity index (χ3n) is 6.49. The number of hydrogen-bond donors (Lipinski definition) is 1. The van der Waals surface area contributed by atoms with Gasteiger partial charge in [-0.3, -0.25) is 24.4 Å². The smallest absolute Gasteiger partial charge is 0.243 e. The zero-order valence-electron chi connectivity index (χ0n) is 17.6. The number of aliphatic hydroxyl groups excluding tert-OH is 1. The first-order chi connectivity index (χ1) is 16.5. The van der Waals surface area contributed by atoms with Gasteiger partial charge in [0.15, 0.2) is 5.78 Å². The molecular weight excluding hydrogens is 454 g/mol. The molecule has 0 radical (unpaired) electrons. The van der Waals surface area contributed by atoms with Gasteiger partial charge in [-0.2, -0.15) is 0 Å². The second kappa shape index (κ2) is 7.46. The zero-order valence-corrected chi connectivity index (χ0v) is 18.3. The van der Waals surface area contributed by atoms with E-state index in [1.54, 1.807) is 72.9 Å². The maximum Gasteiger partial charge on any atom is 0.243 e. The molecule has 2 aromatic carbocycles. The maximum atomic E-state index is 13.7. The molecular formula is C26H16ClN3O4. The number of benzene rings is 2. The monoisotopic (exact) mass is 469 g/mol. The molecule has 3 heterocycles. The number of aliphatic hydroxyl groups is 1. The van der Waals surface area contributed by atoms with Crippen LogP contribution in [0.1, 0.15) is 27.7 Å². The van der Waals surface area contributed by atoms with Crippen molar-refractivity contribution in [2.75, 3.05) is 4.90 Å². The molecule has 0 unspecified atom stereocenters. The molecule has 0 spiro atoms. The molecule has 6 rings (SSSR count). The highest BCUT2D eigenvalue weighted by atomic mass is 35.5. The van der Waals surface area contributed by atoms with Crippen molar-refractivity contribution in [2.24, 2.45) is 16.8 Å². The molecule has 0 bridgehead atoms. The SMILES string of the molecule is O=C1C(C2=N[C@H](c3ccccn3)[C@@H]3C(=O)N(c4ccc(Cl)cc4)C(=O)[C@@H]23)=C(O)c2ccccc21. The van der Waals surface area contributed by atoms with Crippen molar-refractivity contribution >= 4 is 46.4 Å². The number of pyridine rings is 1. The lowest BCUT2D eigenvalue weighted by atomic mass is 9.84. The van der Waals surface area contributed by atoms with E-state index in [0.29, 0.717) is 27.5 Å². The Morgan fingerprint density at radius 1 is 0.853 bits per heavy atom. The average molecular weight is 470 g/mol. The number of Topliss-reactive ketones (excluding diaryl/α,β-unsaturated/α-hetero) is 1. The lowest BCUT2D eigenvalue weighted by Gasteiger charge is -2.18. The highest BCUT2D eigenvalue weighted by Gasteiger charge is 2.59. The molecule has 0 saturated carbocycles. The van der Waals surface area contributed by atoms with Crippen LogP contribution in [0.2, 0.25) is 5.02 Å². The molecule has 166 valence electrons. The van der Waals surface area contributed by atoms with Gasteiger partial charge < -0.3 is 5.11 Å². The number of nitrogens with zero attached hydrogens (tertiary/aromatic N) is 3. The summed E-state index contributed by atoms with van der Waals surface area (Å²) in [4.78, 5) is 50.7. The number of anilines is 1. The predicted octanol–water partition coefficient (Wildman–Crippen LogP) is 4.20. The zero-order chi connectivity index (χ0) is 23.6. The molecule has 8 heteroatoms. The quantitative estimate of drug-likeness (QED) is 0.579. The van der Waals surface area contributed by atoms with Crippen LogP contribution in [0.4, 0.5) is 5.69 Å². The standard InChI is InChI=1S/C26H16ClN3O4/c27-13-8-10-14(11-9-13)30-25(33)18-19(26(30)34)22(29-21(18)17-7-3-4-12-28-17)20-23(31)15-5-1-2-6-16(15)24(20)32/h1-12,18-19,21,31H/t18-,19-,21-/m1/s1. The molecule has 1 saturated heterocycles. The molecule has 34 heavy (non-hydrogen) atoms. The Kier molecular flexibility index (Phi) is 4.50. The summed E-state index contributed by atoms with van der Waals surface area (Å²) in [5.41, 5.74) is 1.70. The van der Waals surface area contributed by atoms with Crippen molar-refractivity contribution in [2.45, 2.75) is 6.04 Å². The van der Waals surface area contributed by atoms with E-state index in [2.05, 4.69) is 9.98 Å². The summed E-state index contributed by atoms with van der Waals surface area (Å²) in [5, 5.41) is 11.4. The van der Waals surface area contributed by atoms with E-state index in [1.165, 1.54) is 0 Å². The number of imide groups is 1. The third-order valence-corrected chi connectivity index (χ3v) is 6.74. The molecule has 2 aliphatic heterocycles. The number of hydrogen-bond acceptors (Lipinski definition) is 6. The largest absolute Gasteiger partial charge is 0.506 e. The van der Waals surface area contributed by atoms with E-state index >= 15 is 0 Å². The molecule has 1 fully saturated rings. The van der Waals surface area contributed by atoms with Crippen LogP contribution in [-0.2, 0) is 9.59 Å². The van der Waals surface area contributed by atoms with E-state index in [1.807, 2.05) is 0 Å². The first kappa shape index (κ1) is 20.5. The summed E-state index contributed by atoms with van der Waals surface area (Å²) in [7, 11) is 0. The van der Waals surface area contributed by atoms with Gasteiger partial charge in [0.05, 0.1) is 34.5 Å². The number of carbonyl (C=O) groups excluding carboxylic acids is 3. The van der Waals surface area contributed by atoms with E-state index in [0.717, 1.165) is 4.90 Å². The fourth-order valence-electron chi connectivity index (χ4n) is 4.98. The summed E-state index contributed by atoms with van der Waals surface area (Å²) in [5.74, 6) is -3.49. The molecule has 3 aliphatic rings. The molecule has 1 aliphatic carbocycles. The van der Waals surface area contributed by atoms with Gasteiger partial charge in [0.1, 0.15) is 11.8 Å². The van der Waals surface area contributed by atoms with Crippen molar-refractivity contribution < 1.29 is 19.5 Å². The van der Waals surface area contributed by atoms with Gasteiger partial charge in [-0.05, 0) is 36.4 Å². The molecule has 1 aromatic heterocycles. The van der Waals surface area contributed by atoms with Crippen LogP contribution in [0.15, 0.2) is 83.5 Å². The van der Waals surface area contributed by atoms with Crippen LogP contribution in [0.3, 0.4) is 0 Å². The molecule has 3 aromatic rings. The minimum atomic E-state index is -1.02. The summed E-state index contributed by atoms with van der Waals surface area (Å²) < 4.78 is 0. The van der Waals surface area contributed by atoms with Crippen molar-refractivity contribution in [1.82, 2.24) is 4.98 Å². The van der Waals surface area contributed by atoms with Gasteiger partial charge in [0, 0.05) is 22.3 Å². The Bertz CT molecular complexity index is 1450. The molecule has 3 atom stereocenters. The van der Waals surface area contributed by atoms with Crippen LogP contribution in [0.5, 0.6) is 0 Å². The molecule has 1 N–H and O–H groups in total. The van der Waals surface area contributed by atoms with Crippen LogP contribution < -0.4 is 4.90 Å². The third kappa shape index (κ3) is 2.80. The number of rotatable bonds is 3. The number of halogens is 1. The first-order valence-electron chi connectivity index (χ1n) is 10.7. The average Bonchev–Trinajstić information content (AvgIpc) is 3.45. The van der Waals surface area contributed by atoms with Crippen LogP contribution in [0, 0.1) is 11.8 Å². The Hall–Kier alpha value is -4.10. The Balaban J connectivity index is 1.51. The van der Waals surface area contributed by atoms with E-state index in [-0.39, 0.29) is 17.0 Å². The van der Waals surface area contributed by atoms with E-state index in [9.17, 15) is 19.5 Å². The first-order valence-corrected chi connectivity index (χ1v) is 11.0. The van der Waals surface area contributed by atoms with Gasteiger partial charge in [-0.1, -0.05) is 41.9 Å². The number of carbonyl (C=O) groups is 3. The summed E-state index contributed by atoms with van der Waals surface area (Å²) >= 11 is 5.99. The van der Waals surface area contributed by atoms with Crippen LogP contribution in [-0.4, -0.2) is 33.4 Å². The lowest BCUT2D eigenvalue weighted by molar-refractivity contribution is -0.122. The van der Waals surface area contributed by atoms with Gasteiger partial charge in [0.25, 0.3) is 0 Å². The van der Waals surface area contributed by atoms with Gasteiger partial charge in [-0.25, -0.2) is 4.90 Å². The fourth-order valence-corrected chi connectivity index (χ4v) is 5.10. The fraction of sp³-hybridized carbons (Fsp3) is 0.115. The number of amides is 2. The predicted molar refractivity (Wildman–Crippen MR) is 126 cm³/mol. The molecule has 2 amide bonds. The Morgan fingerprint density at radius 3 is 2.24 bits per heavy atom. The topological polar surface area (TPSA) is 99.9 Å². The van der Waals surface area contributed by atoms with Crippen molar-refractivity contribution in [3.05, 3.63) is 100 Å². The van der Waals surface area contributed by atoms with Crippen LogP contribution in [0.25, 0.3) is 5.76 Å². The number of aromatic nitrogens is 1. The van der Waals surface area contributed by atoms with Crippen molar-refractivity contribution in [3.8, 4) is 0 Å². The minimum Gasteiger partial charge on any atom is -0.506 e. The minimum absolute atomic E-state index is 0.0336. The number of fused-ring (bicyclic) bond motifs is 2. The summed E-state index contributed by atoms with van der Waals surface area (Å²) in [6.45, 7) is 0. The summed E-state index contributed by atoms with van der Waals surface area (Å²) in [6.07, 6.45) is 1.59. The van der Waals surface area contributed by atoms with E-state index < -0.39 is 35.5 Å². The molecule has 7 nitrogen and oxygen atoms in total. The highest BCUT2D eigenvalue weighted by Crippen LogP contribution is 2.48. The van der Waals surface area contributed by atoms with E-state index in [4.69, 9.17) is 11.6 Å². The van der Waals surface area contributed by atoms with Crippen molar-refractivity contribution in [3.63, 3.8) is 0 Å². The van der Waals surface area contributed by atoms with Gasteiger partial charge in [-0.15, -0.1) is 0 Å². The lowest BCUT2D eigenvalue weighted by Crippen LogP contribution is -2.33. The second-order valence-electron chi connectivity index (χ2n) is 8.30. The number of allylic oxidation sites excluding steroid dienone is 1. The number of ketones is 1. The highest BCUT2D eigenvalue weighted by molar-refractivity contribution is 6.42. The van der Waals surface area contributed by atoms with Gasteiger partial charge in [0.2, 0.25) is 11.8 Å². The second-order valence-corrected chi connectivity index (χ2v) is 8.74. The maximum absolute atomic E-state index is 13.7. The Morgan fingerprint density at radius 2 is 1.56 bits per heavy atom. The number of aliphatic imine (C=N–C) groups is 1. The van der Waals surface area contributed by atoms with Crippen molar-refractivity contribution in [1.29, 1.82) is 0 Å². The normalized spacial score (nSPS) is 23.4. The summed E-state index contributed by atoms with van der Waals surface area (Å²) in [6, 6.07) is 17.5. The Labute approximate surface area is 199 Å².